The van der Waals surface area contributed by atoms with Crippen LogP contribution in [0.2, 0.25) is 0 Å². The summed E-state index contributed by atoms with van der Waals surface area (Å²) in [4.78, 5) is 0. The molecule has 3 rings (SSSR count). The summed E-state index contributed by atoms with van der Waals surface area (Å²) >= 11 is 0. The van der Waals surface area contributed by atoms with Crippen LogP contribution >= 0.6 is 0 Å². The molecule has 0 spiro atoms. The third-order valence-electron chi connectivity index (χ3n) is 3.14. The Hall–Kier alpha value is -0.0400. The predicted molar refractivity (Wildman–Crippen MR) is 42.9 cm³/mol. The Bertz CT molecular complexity index is 127. The molecule has 3 aliphatic rings. The van der Waals surface area contributed by atoms with Gasteiger partial charge in [-0.25, -0.2) is 0 Å². The van der Waals surface area contributed by atoms with Crippen molar-refractivity contribution < 1.29 is 0 Å². The normalized spacial score (nSPS) is 53.4. The summed E-state index contributed by atoms with van der Waals surface area (Å²) in [6.07, 6.45) is 4.31. The first-order chi connectivity index (χ1) is 4.75. The minimum absolute atomic E-state index is 0.870. The summed E-state index contributed by atoms with van der Waals surface area (Å²) < 4.78 is 0. The summed E-state index contributed by atoms with van der Waals surface area (Å²) in [5, 5.41) is 3.62. The largest absolute Gasteiger partial charge is 0.311 e. The Kier molecular flexibility index (Phi) is 1.48. The number of fused-ring (bicyclic) bond motifs is 3. The lowest BCUT2D eigenvalue weighted by Crippen LogP contribution is -2.53. The highest BCUT2D eigenvalue weighted by Crippen LogP contribution is 2.34. The first-order valence-electron chi connectivity index (χ1n) is 4.51. The lowest BCUT2D eigenvalue weighted by molar-refractivity contribution is 0.223. The molecular weight excluding hydrogens is 122 g/mol. The van der Waals surface area contributed by atoms with Crippen molar-refractivity contribution >= 4 is 0 Å². The molecule has 2 saturated heterocycles. The summed E-state index contributed by atoms with van der Waals surface area (Å²) in [7, 11) is 0. The van der Waals surface area contributed by atoms with E-state index in [9.17, 15) is 0 Å². The average Bonchev–Trinajstić information content (AvgIpc) is 1.92. The van der Waals surface area contributed by atoms with Crippen molar-refractivity contribution in [2.24, 2.45) is 11.8 Å². The molecule has 1 aliphatic carbocycles. The fourth-order valence-electron chi connectivity index (χ4n) is 2.53. The molecule has 0 aromatic heterocycles. The molecule has 0 aromatic rings. The van der Waals surface area contributed by atoms with E-state index in [-0.39, 0.29) is 0 Å². The van der Waals surface area contributed by atoms with Crippen LogP contribution in [0.15, 0.2) is 0 Å². The van der Waals surface area contributed by atoms with E-state index in [0.717, 1.165) is 23.9 Å². The first kappa shape index (κ1) is 6.66. The second kappa shape index (κ2) is 2.23. The molecular formula is C9H17N. The fraction of sp³-hybridized carbons (Fsp3) is 1.00. The van der Waals surface area contributed by atoms with Gasteiger partial charge in [-0.15, -0.1) is 0 Å². The lowest BCUT2D eigenvalue weighted by atomic mass is 9.89. The van der Waals surface area contributed by atoms with Gasteiger partial charge < -0.3 is 5.32 Å². The molecule has 1 saturated carbocycles. The van der Waals surface area contributed by atoms with Crippen LogP contribution in [0.1, 0.15) is 33.1 Å². The van der Waals surface area contributed by atoms with Crippen LogP contribution in [0, 0.1) is 11.8 Å². The molecule has 3 fully saturated rings. The highest BCUT2D eigenvalue weighted by Gasteiger charge is 2.36. The molecule has 0 amide bonds. The van der Waals surface area contributed by atoms with Gasteiger partial charge in [0.1, 0.15) is 0 Å². The summed E-state index contributed by atoms with van der Waals surface area (Å²) in [6.45, 7) is 4.77. The van der Waals surface area contributed by atoms with E-state index >= 15 is 0 Å². The van der Waals surface area contributed by atoms with Gasteiger partial charge in [-0.05, 0) is 31.1 Å². The Morgan fingerprint density at radius 3 is 2.50 bits per heavy atom. The quantitative estimate of drug-likeness (QED) is 0.539. The van der Waals surface area contributed by atoms with Gasteiger partial charge in [-0.1, -0.05) is 13.8 Å². The van der Waals surface area contributed by atoms with Crippen LogP contribution in [0.3, 0.4) is 0 Å². The third-order valence-corrected chi connectivity index (χ3v) is 3.14. The van der Waals surface area contributed by atoms with E-state index in [0.29, 0.717) is 0 Å². The van der Waals surface area contributed by atoms with Crippen molar-refractivity contribution in [2.75, 3.05) is 0 Å². The van der Waals surface area contributed by atoms with Gasteiger partial charge in [0, 0.05) is 12.1 Å². The van der Waals surface area contributed by atoms with Crippen molar-refractivity contribution in [3.8, 4) is 0 Å². The molecule has 0 radical (unpaired) electrons. The van der Waals surface area contributed by atoms with Gasteiger partial charge in [-0.3, -0.25) is 0 Å². The second-order valence-corrected chi connectivity index (χ2v) is 4.26. The van der Waals surface area contributed by atoms with E-state index in [2.05, 4.69) is 19.2 Å². The molecule has 4 atom stereocenters. The molecule has 2 bridgehead atoms. The number of hydrogen-bond acceptors (Lipinski definition) is 1. The second-order valence-electron chi connectivity index (χ2n) is 4.26. The summed E-state index contributed by atoms with van der Waals surface area (Å²) in [5.74, 6) is 1.88. The third kappa shape index (κ3) is 0.968. The molecule has 58 valence electrons. The molecule has 0 aromatic carbocycles. The van der Waals surface area contributed by atoms with Crippen molar-refractivity contribution in [1.29, 1.82) is 0 Å². The van der Waals surface area contributed by atoms with Crippen LogP contribution in [0.5, 0.6) is 0 Å². The minimum Gasteiger partial charge on any atom is -0.311 e. The maximum Gasteiger partial charge on any atom is 0.0110 e. The standard InChI is InChI=1S/C9H17N/c1-6-3-7(2)9-5-8(4-6)10-9/h6-10H,3-5H2,1-2H3. The highest BCUT2D eigenvalue weighted by atomic mass is 15.0. The molecule has 2 heterocycles. The van der Waals surface area contributed by atoms with Crippen LogP contribution in [-0.2, 0) is 0 Å². The Labute approximate surface area is 63.2 Å². The van der Waals surface area contributed by atoms with Gasteiger partial charge in [0.2, 0.25) is 0 Å². The Balaban J connectivity index is 2.02. The zero-order chi connectivity index (χ0) is 7.14. The smallest absolute Gasteiger partial charge is 0.0110 e. The average molecular weight is 139 g/mol. The van der Waals surface area contributed by atoms with E-state index in [4.69, 9.17) is 0 Å². The van der Waals surface area contributed by atoms with Crippen molar-refractivity contribution in [1.82, 2.24) is 5.32 Å². The van der Waals surface area contributed by atoms with Crippen LogP contribution in [0.25, 0.3) is 0 Å². The van der Waals surface area contributed by atoms with Crippen LogP contribution < -0.4 is 5.32 Å². The maximum absolute atomic E-state index is 3.62. The van der Waals surface area contributed by atoms with E-state index < -0.39 is 0 Å². The Morgan fingerprint density at radius 2 is 1.80 bits per heavy atom. The number of hydrogen-bond donors (Lipinski definition) is 1. The molecule has 1 heteroatoms. The SMILES string of the molecule is CC1CC2CC(N2)C(C)C1. The number of nitrogens with one attached hydrogen (secondary N) is 1. The van der Waals surface area contributed by atoms with E-state index in [1.165, 1.54) is 19.3 Å². The van der Waals surface area contributed by atoms with Gasteiger partial charge in [0.25, 0.3) is 0 Å². The summed E-state index contributed by atoms with van der Waals surface area (Å²) in [6, 6.07) is 1.75. The van der Waals surface area contributed by atoms with Crippen molar-refractivity contribution in [2.45, 2.75) is 45.2 Å². The molecule has 2 aliphatic heterocycles. The van der Waals surface area contributed by atoms with Crippen LogP contribution in [0.4, 0.5) is 0 Å². The van der Waals surface area contributed by atoms with Gasteiger partial charge >= 0.3 is 0 Å². The van der Waals surface area contributed by atoms with Gasteiger partial charge in [0.05, 0.1) is 0 Å². The van der Waals surface area contributed by atoms with Crippen LogP contribution in [-0.4, -0.2) is 12.1 Å². The first-order valence-corrected chi connectivity index (χ1v) is 4.51. The van der Waals surface area contributed by atoms with E-state index in [1.807, 2.05) is 0 Å². The summed E-state index contributed by atoms with van der Waals surface area (Å²) in [5.41, 5.74) is 0. The molecule has 1 nitrogen and oxygen atoms in total. The molecule has 1 N–H and O–H groups in total. The zero-order valence-corrected chi connectivity index (χ0v) is 6.93. The fourth-order valence-corrected chi connectivity index (χ4v) is 2.53. The molecule has 10 heavy (non-hydrogen) atoms. The number of rotatable bonds is 0. The predicted octanol–water partition coefficient (Wildman–Crippen LogP) is 1.78. The molecule has 4 unspecified atom stereocenters. The maximum atomic E-state index is 3.62. The minimum atomic E-state index is 0.870. The van der Waals surface area contributed by atoms with E-state index in [1.54, 1.807) is 0 Å². The monoisotopic (exact) mass is 139 g/mol. The lowest BCUT2D eigenvalue weighted by Gasteiger charge is -2.37. The van der Waals surface area contributed by atoms with Gasteiger partial charge in [0.15, 0.2) is 0 Å². The zero-order valence-electron chi connectivity index (χ0n) is 6.93. The van der Waals surface area contributed by atoms with Crippen molar-refractivity contribution in [3.63, 3.8) is 0 Å². The highest BCUT2D eigenvalue weighted by molar-refractivity contribution is 4.95. The topological polar surface area (TPSA) is 12.0 Å². The Morgan fingerprint density at radius 1 is 1.10 bits per heavy atom. The van der Waals surface area contributed by atoms with Crippen molar-refractivity contribution in [3.05, 3.63) is 0 Å². The van der Waals surface area contributed by atoms with Gasteiger partial charge in [-0.2, -0.15) is 0 Å².